The molecule has 2 aromatic rings. The second kappa shape index (κ2) is 8.05. The number of carbonyl (C=O) groups excluding carboxylic acids is 1. The van der Waals surface area contributed by atoms with E-state index in [9.17, 15) is 13.2 Å². The number of piperazine rings is 1. The molecule has 2 saturated heterocycles. The Balaban J connectivity index is 1.44. The molecule has 1 amide bonds. The lowest BCUT2D eigenvalue weighted by molar-refractivity contribution is -0.134. The summed E-state index contributed by atoms with van der Waals surface area (Å²) in [6.45, 7) is 2.71. The molecule has 2 aromatic heterocycles. The number of rotatable bonds is 4. The van der Waals surface area contributed by atoms with E-state index in [1.54, 1.807) is 35.5 Å². The van der Waals surface area contributed by atoms with Crippen molar-refractivity contribution in [2.24, 2.45) is 0 Å². The van der Waals surface area contributed by atoms with Crippen molar-refractivity contribution in [1.82, 2.24) is 19.2 Å². The third-order valence-corrected chi connectivity index (χ3v) is 9.03. The highest BCUT2D eigenvalue weighted by atomic mass is 79.9. The van der Waals surface area contributed by atoms with Crippen LogP contribution in [0.2, 0.25) is 0 Å². The number of sulfonamides is 1. The van der Waals surface area contributed by atoms with E-state index in [0.717, 1.165) is 3.79 Å². The summed E-state index contributed by atoms with van der Waals surface area (Å²) in [5, 5.41) is 0. The Morgan fingerprint density at radius 1 is 1.11 bits per heavy atom. The molecule has 0 N–H and O–H groups in total. The molecular weight excluding hydrogens is 466 g/mol. The van der Waals surface area contributed by atoms with Crippen LogP contribution in [0.25, 0.3) is 0 Å². The van der Waals surface area contributed by atoms with Crippen molar-refractivity contribution >= 4 is 49.1 Å². The number of hydrogen-bond donors (Lipinski definition) is 0. The molecule has 0 radical (unpaired) electrons. The number of nitrogens with zero attached hydrogens (tertiary/aromatic N) is 5. The maximum absolute atomic E-state index is 13.1. The van der Waals surface area contributed by atoms with Crippen molar-refractivity contribution in [3.8, 4) is 0 Å². The van der Waals surface area contributed by atoms with Gasteiger partial charge in [-0.2, -0.15) is 4.31 Å². The summed E-state index contributed by atoms with van der Waals surface area (Å²) in [5.74, 6) is 0.549. The standard InChI is InChI=1S/C17H20BrN5O3S2/c18-14-4-5-15(27-14)28(25,26)23-8-1-3-13(23)16(24)21-9-11-22(12-10-21)17-19-6-2-7-20-17/h2,4-7,13H,1,3,8-12H2. The van der Waals surface area contributed by atoms with Gasteiger partial charge >= 0.3 is 0 Å². The molecule has 2 fully saturated rings. The molecule has 4 heterocycles. The van der Waals surface area contributed by atoms with Crippen molar-refractivity contribution < 1.29 is 13.2 Å². The van der Waals surface area contributed by atoms with Gasteiger partial charge in [0.1, 0.15) is 10.3 Å². The smallest absolute Gasteiger partial charge is 0.253 e. The van der Waals surface area contributed by atoms with E-state index in [0.29, 0.717) is 51.5 Å². The molecule has 0 spiro atoms. The van der Waals surface area contributed by atoms with Crippen LogP contribution >= 0.6 is 27.3 Å². The normalized spacial score (nSPS) is 21.2. The number of halogens is 1. The number of hydrogen-bond acceptors (Lipinski definition) is 7. The molecule has 4 rings (SSSR count). The summed E-state index contributed by atoms with van der Waals surface area (Å²) in [5.41, 5.74) is 0. The van der Waals surface area contributed by atoms with Gasteiger partial charge in [-0.3, -0.25) is 4.79 Å². The predicted octanol–water partition coefficient (Wildman–Crippen LogP) is 1.80. The van der Waals surface area contributed by atoms with Gasteiger partial charge in [-0.25, -0.2) is 18.4 Å². The van der Waals surface area contributed by atoms with Crippen molar-refractivity contribution in [1.29, 1.82) is 0 Å². The van der Waals surface area contributed by atoms with Crippen LogP contribution in [0.15, 0.2) is 38.6 Å². The Hall–Kier alpha value is -1.56. The van der Waals surface area contributed by atoms with Gasteiger partial charge in [0.05, 0.1) is 3.79 Å². The summed E-state index contributed by atoms with van der Waals surface area (Å²) in [6, 6.07) is 4.45. The second-order valence-corrected chi connectivity index (χ2v) is 11.3. The Morgan fingerprint density at radius 2 is 1.82 bits per heavy atom. The van der Waals surface area contributed by atoms with Gasteiger partial charge in [0.25, 0.3) is 10.0 Å². The van der Waals surface area contributed by atoms with Gasteiger partial charge < -0.3 is 9.80 Å². The number of carbonyl (C=O) groups is 1. The Kier molecular flexibility index (Phi) is 5.68. The van der Waals surface area contributed by atoms with E-state index in [2.05, 4.69) is 25.9 Å². The fourth-order valence-electron chi connectivity index (χ4n) is 3.62. The van der Waals surface area contributed by atoms with E-state index in [1.807, 2.05) is 4.90 Å². The summed E-state index contributed by atoms with van der Waals surface area (Å²) in [7, 11) is -3.66. The molecule has 0 aromatic carbocycles. The number of thiophene rings is 1. The molecule has 28 heavy (non-hydrogen) atoms. The Labute approximate surface area is 176 Å². The highest BCUT2D eigenvalue weighted by Crippen LogP contribution is 2.33. The molecule has 2 aliphatic heterocycles. The summed E-state index contributed by atoms with van der Waals surface area (Å²) >= 11 is 4.48. The monoisotopic (exact) mass is 485 g/mol. The van der Waals surface area contributed by atoms with E-state index in [1.165, 1.54) is 15.6 Å². The molecule has 8 nitrogen and oxygen atoms in total. The van der Waals surface area contributed by atoms with Gasteiger partial charge in [-0.15, -0.1) is 11.3 Å². The maximum atomic E-state index is 13.1. The second-order valence-electron chi connectivity index (χ2n) is 6.69. The van der Waals surface area contributed by atoms with Crippen molar-refractivity contribution in [3.63, 3.8) is 0 Å². The van der Waals surface area contributed by atoms with Gasteiger partial charge in [0, 0.05) is 45.1 Å². The first-order chi connectivity index (χ1) is 13.5. The largest absolute Gasteiger partial charge is 0.338 e. The lowest BCUT2D eigenvalue weighted by atomic mass is 10.2. The first-order valence-electron chi connectivity index (χ1n) is 9.05. The zero-order valence-electron chi connectivity index (χ0n) is 15.1. The van der Waals surface area contributed by atoms with Gasteiger partial charge in [-0.1, -0.05) is 0 Å². The minimum absolute atomic E-state index is 0.106. The quantitative estimate of drug-likeness (QED) is 0.655. The number of anilines is 1. The third kappa shape index (κ3) is 3.80. The number of amides is 1. The van der Waals surface area contributed by atoms with Crippen LogP contribution in [0.1, 0.15) is 12.8 Å². The van der Waals surface area contributed by atoms with E-state index < -0.39 is 16.1 Å². The predicted molar refractivity (Wildman–Crippen MR) is 110 cm³/mol. The minimum Gasteiger partial charge on any atom is -0.338 e. The molecule has 0 aliphatic carbocycles. The van der Waals surface area contributed by atoms with Crippen LogP contribution < -0.4 is 4.90 Å². The molecule has 1 atom stereocenters. The molecule has 2 aliphatic rings. The fraction of sp³-hybridized carbons (Fsp3) is 0.471. The van der Waals surface area contributed by atoms with Crippen LogP contribution in [0.4, 0.5) is 5.95 Å². The van der Waals surface area contributed by atoms with Crippen molar-refractivity contribution in [2.75, 3.05) is 37.6 Å². The highest BCUT2D eigenvalue weighted by molar-refractivity contribution is 9.11. The topological polar surface area (TPSA) is 86.7 Å². The van der Waals surface area contributed by atoms with Crippen LogP contribution in [0.5, 0.6) is 0 Å². The zero-order chi connectivity index (χ0) is 19.7. The van der Waals surface area contributed by atoms with E-state index in [4.69, 9.17) is 0 Å². The molecule has 150 valence electrons. The van der Waals surface area contributed by atoms with Crippen LogP contribution in [0.3, 0.4) is 0 Å². The summed E-state index contributed by atoms with van der Waals surface area (Å²) in [6.07, 6.45) is 4.65. The molecule has 0 bridgehead atoms. The summed E-state index contributed by atoms with van der Waals surface area (Å²) in [4.78, 5) is 25.4. The maximum Gasteiger partial charge on any atom is 0.253 e. The van der Waals surface area contributed by atoms with Crippen molar-refractivity contribution in [3.05, 3.63) is 34.4 Å². The molecular formula is C17H20BrN5O3S2. The summed E-state index contributed by atoms with van der Waals surface area (Å²) < 4.78 is 28.4. The van der Waals surface area contributed by atoms with Gasteiger partial charge in [-0.05, 0) is 47.0 Å². The minimum atomic E-state index is -3.66. The highest BCUT2D eigenvalue weighted by Gasteiger charge is 2.42. The van der Waals surface area contributed by atoms with E-state index >= 15 is 0 Å². The molecule has 1 unspecified atom stereocenters. The molecule has 11 heteroatoms. The lowest BCUT2D eigenvalue weighted by Gasteiger charge is -2.37. The van der Waals surface area contributed by atoms with Crippen LogP contribution in [-0.4, -0.2) is 72.3 Å². The lowest BCUT2D eigenvalue weighted by Crippen LogP contribution is -2.54. The van der Waals surface area contributed by atoms with Crippen molar-refractivity contribution in [2.45, 2.75) is 23.1 Å². The average Bonchev–Trinajstić information content (AvgIpc) is 3.38. The SMILES string of the molecule is O=C(C1CCCN1S(=O)(=O)c1ccc(Br)s1)N1CCN(c2ncccn2)CC1. The Bertz CT molecular complexity index is 945. The first kappa shape index (κ1) is 19.7. The average molecular weight is 486 g/mol. The van der Waals surface area contributed by atoms with E-state index in [-0.39, 0.29) is 10.1 Å². The Morgan fingerprint density at radius 3 is 2.46 bits per heavy atom. The van der Waals surface area contributed by atoms with Gasteiger partial charge in [0.2, 0.25) is 11.9 Å². The fourth-order valence-corrected chi connectivity index (χ4v) is 7.41. The third-order valence-electron chi connectivity index (χ3n) is 5.03. The number of aromatic nitrogens is 2. The first-order valence-corrected chi connectivity index (χ1v) is 12.1. The van der Waals surface area contributed by atoms with Crippen LogP contribution in [-0.2, 0) is 14.8 Å². The van der Waals surface area contributed by atoms with Crippen LogP contribution in [0, 0.1) is 0 Å². The van der Waals surface area contributed by atoms with Gasteiger partial charge in [0.15, 0.2) is 0 Å². The zero-order valence-corrected chi connectivity index (χ0v) is 18.3. The molecule has 0 saturated carbocycles.